The van der Waals surface area contributed by atoms with Gasteiger partial charge in [-0.15, -0.1) is 0 Å². The van der Waals surface area contributed by atoms with Gasteiger partial charge in [0.05, 0.1) is 12.7 Å². The van der Waals surface area contributed by atoms with Crippen molar-refractivity contribution in [1.29, 1.82) is 0 Å². The van der Waals surface area contributed by atoms with Crippen LogP contribution in [0.3, 0.4) is 0 Å². The van der Waals surface area contributed by atoms with Crippen LogP contribution in [0.25, 0.3) is 11.1 Å². The lowest BCUT2D eigenvalue weighted by Crippen LogP contribution is -2.01. The molecule has 3 nitrogen and oxygen atoms in total. The monoisotopic (exact) mass is 312 g/mol. The molecule has 2 aromatic carbocycles. The van der Waals surface area contributed by atoms with Gasteiger partial charge in [-0.25, -0.2) is 4.79 Å². The largest absolute Gasteiger partial charge is 0.496 e. The van der Waals surface area contributed by atoms with Gasteiger partial charge in [0.2, 0.25) is 0 Å². The first-order valence-corrected chi connectivity index (χ1v) is 8.08. The standard InChI is InChI=1S/C20H24O3/c1-4-5-6-7-15-9-11-16(19(13-15)23-3)18-12-14(2)8-10-17(18)20(21)22/h8-13H,4-7H2,1-3H3,(H,21,22). The van der Waals surface area contributed by atoms with Gasteiger partial charge in [0.15, 0.2) is 0 Å². The molecular formula is C20H24O3. The number of aryl methyl sites for hydroxylation is 2. The Kier molecular flexibility index (Phi) is 5.80. The molecular weight excluding hydrogens is 288 g/mol. The van der Waals surface area contributed by atoms with E-state index in [4.69, 9.17) is 4.74 Å². The SMILES string of the molecule is CCCCCc1ccc(-c2cc(C)ccc2C(=O)O)c(OC)c1. The Morgan fingerprint density at radius 2 is 1.87 bits per heavy atom. The van der Waals surface area contributed by atoms with Crippen molar-refractivity contribution in [2.24, 2.45) is 0 Å². The molecule has 0 atom stereocenters. The molecule has 1 N–H and O–H groups in total. The lowest BCUT2D eigenvalue weighted by atomic mass is 9.95. The lowest BCUT2D eigenvalue weighted by molar-refractivity contribution is 0.0697. The molecule has 0 saturated carbocycles. The van der Waals surface area contributed by atoms with Crippen LogP contribution in [0.2, 0.25) is 0 Å². The van der Waals surface area contributed by atoms with Crippen molar-refractivity contribution >= 4 is 5.97 Å². The van der Waals surface area contributed by atoms with Crippen LogP contribution >= 0.6 is 0 Å². The fraction of sp³-hybridized carbons (Fsp3) is 0.350. The van der Waals surface area contributed by atoms with Crippen molar-refractivity contribution in [3.63, 3.8) is 0 Å². The van der Waals surface area contributed by atoms with E-state index in [0.29, 0.717) is 11.1 Å². The van der Waals surface area contributed by atoms with Gasteiger partial charge in [0.25, 0.3) is 0 Å². The van der Waals surface area contributed by atoms with E-state index < -0.39 is 5.97 Å². The fourth-order valence-electron chi connectivity index (χ4n) is 2.76. The Morgan fingerprint density at radius 1 is 1.09 bits per heavy atom. The average Bonchev–Trinajstić information content (AvgIpc) is 2.54. The maximum absolute atomic E-state index is 11.5. The fourth-order valence-corrected chi connectivity index (χ4v) is 2.76. The molecule has 0 saturated heterocycles. The second-order valence-corrected chi connectivity index (χ2v) is 5.85. The van der Waals surface area contributed by atoms with Crippen molar-refractivity contribution in [3.05, 3.63) is 53.1 Å². The summed E-state index contributed by atoms with van der Waals surface area (Å²) in [6.07, 6.45) is 4.58. The van der Waals surface area contributed by atoms with Crippen LogP contribution in [0, 0.1) is 6.92 Å². The second-order valence-electron chi connectivity index (χ2n) is 5.85. The van der Waals surface area contributed by atoms with Gasteiger partial charge >= 0.3 is 5.97 Å². The molecule has 0 bridgehead atoms. The van der Waals surface area contributed by atoms with Crippen LogP contribution in [-0.2, 0) is 6.42 Å². The minimum atomic E-state index is -0.922. The Balaban J connectivity index is 2.43. The van der Waals surface area contributed by atoms with E-state index in [1.165, 1.54) is 18.4 Å². The molecule has 3 heteroatoms. The van der Waals surface area contributed by atoms with Crippen molar-refractivity contribution in [2.45, 2.75) is 39.5 Å². The molecule has 2 aromatic rings. The summed E-state index contributed by atoms with van der Waals surface area (Å²) in [4.78, 5) is 11.5. The average molecular weight is 312 g/mol. The molecule has 0 unspecified atom stereocenters. The van der Waals surface area contributed by atoms with Crippen molar-refractivity contribution in [1.82, 2.24) is 0 Å². The number of benzene rings is 2. The summed E-state index contributed by atoms with van der Waals surface area (Å²) < 4.78 is 5.53. The highest BCUT2D eigenvalue weighted by atomic mass is 16.5. The smallest absolute Gasteiger partial charge is 0.336 e. The first-order chi connectivity index (χ1) is 11.1. The number of rotatable bonds is 7. The van der Waals surface area contributed by atoms with E-state index in [-0.39, 0.29) is 0 Å². The molecule has 122 valence electrons. The Labute approximate surface area is 137 Å². The van der Waals surface area contributed by atoms with Crippen molar-refractivity contribution in [2.75, 3.05) is 7.11 Å². The number of hydrogen-bond donors (Lipinski definition) is 1. The van der Waals surface area contributed by atoms with Crippen LogP contribution in [0.5, 0.6) is 5.75 Å². The van der Waals surface area contributed by atoms with E-state index in [1.54, 1.807) is 13.2 Å². The number of methoxy groups -OCH3 is 1. The van der Waals surface area contributed by atoms with Crippen LogP contribution in [0.4, 0.5) is 0 Å². The number of carboxylic acids is 1. The Hall–Kier alpha value is -2.29. The van der Waals surface area contributed by atoms with Gasteiger partial charge in [0, 0.05) is 11.1 Å². The number of carboxylic acid groups (broad SMARTS) is 1. The summed E-state index contributed by atoms with van der Waals surface area (Å²) in [7, 11) is 1.63. The zero-order valence-corrected chi connectivity index (χ0v) is 14.1. The van der Waals surface area contributed by atoms with Gasteiger partial charge in [-0.3, -0.25) is 0 Å². The van der Waals surface area contributed by atoms with Crippen molar-refractivity contribution in [3.8, 4) is 16.9 Å². The molecule has 0 aliphatic rings. The predicted molar refractivity (Wildman–Crippen MR) is 93.4 cm³/mol. The summed E-state index contributed by atoms with van der Waals surface area (Å²) in [5.41, 5.74) is 4.08. The van der Waals surface area contributed by atoms with Crippen LogP contribution < -0.4 is 4.74 Å². The van der Waals surface area contributed by atoms with Crippen LogP contribution in [0.15, 0.2) is 36.4 Å². The summed E-state index contributed by atoms with van der Waals surface area (Å²) in [5, 5.41) is 9.44. The summed E-state index contributed by atoms with van der Waals surface area (Å²) in [6, 6.07) is 11.4. The quantitative estimate of drug-likeness (QED) is 0.723. The highest BCUT2D eigenvalue weighted by Crippen LogP contribution is 2.34. The van der Waals surface area contributed by atoms with Gasteiger partial charge in [0.1, 0.15) is 5.75 Å². The maximum Gasteiger partial charge on any atom is 0.336 e. The number of aromatic carboxylic acids is 1. The summed E-state index contributed by atoms with van der Waals surface area (Å²) in [6.45, 7) is 4.15. The second kappa shape index (κ2) is 7.82. The molecule has 0 aliphatic carbocycles. The molecule has 0 aromatic heterocycles. The maximum atomic E-state index is 11.5. The van der Waals surface area contributed by atoms with E-state index in [1.807, 2.05) is 31.2 Å². The Morgan fingerprint density at radius 3 is 2.52 bits per heavy atom. The number of ether oxygens (including phenoxy) is 1. The Bertz CT molecular complexity index is 689. The van der Waals surface area contributed by atoms with Gasteiger partial charge in [-0.05, 0) is 37.5 Å². The van der Waals surface area contributed by atoms with Crippen LogP contribution in [0.1, 0.15) is 47.7 Å². The van der Waals surface area contributed by atoms with Gasteiger partial charge < -0.3 is 9.84 Å². The van der Waals surface area contributed by atoms with Crippen molar-refractivity contribution < 1.29 is 14.6 Å². The minimum absolute atomic E-state index is 0.299. The van der Waals surface area contributed by atoms with E-state index >= 15 is 0 Å². The normalized spacial score (nSPS) is 10.6. The molecule has 23 heavy (non-hydrogen) atoms. The molecule has 2 rings (SSSR count). The van der Waals surface area contributed by atoms with E-state index in [0.717, 1.165) is 29.7 Å². The highest BCUT2D eigenvalue weighted by molar-refractivity contribution is 5.97. The molecule has 0 radical (unpaired) electrons. The topological polar surface area (TPSA) is 46.5 Å². The summed E-state index contributed by atoms with van der Waals surface area (Å²) in [5.74, 6) is -0.193. The first kappa shape index (κ1) is 17.1. The molecule has 0 aliphatic heterocycles. The lowest BCUT2D eigenvalue weighted by Gasteiger charge is -2.14. The van der Waals surface area contributed by atoms with E-state index in [9.17, 15) is 9.90 Å². The summed E-state index contributed by atoms with van der Waals surface area (Å²) >= 11 is 0. The molecule has 0 spiro atoms. The molecule has 0 fully saturated rings. The third-order valence-corrected chi connectivity index (χ3v) is 4.03. The molecule has 0 amide bonds. The predicted octanol–water partition coefficient (Wildman–Crippen LogP) is 5.10. The zero-order chi connectivity index (χ0) is 16.8. The van der Waals surface area contributed by atoms with E-state index in [2.05, 4.69) is 13.0 Å². The number of unbranched alkanes of at least 4 members (excludes halogenated alkanes) is 2. The highest BCUT2D eigenvalue weighted by Gasteiger charge is 2.15. The zero-order valence-electron chi connectivity index (χ0n) is 14.1. The molecule has 0 heterocycles. The third kappa shape index (κ3) is 4.13. The minimum Gasteiger partial charge on any atom is -0.496 e. The van der Waals surface area contributed by atoms with Crippen LogP contribution in [-0.4, -0.2) is 18.2 Å². The third-order valence-electron chi connectivity index (χ3n) is 4.03. The number of carbonyl (C=O) groups is 1. The number of hydrogen-bond acceptors (Lipinski definition) is 2. The van der Waals surface area contributed by atoms with Gasteiger partial charge in [-0.2, -0.15) is 0 Å². The van der Waals surface area contributed by atoms with Gasteiger partial charge in [-0.1, -0.05) is 49.6 Å². The first-order valence-electron chi connectivity index (χ1n) is 8.08.